The monoisotopic (exact) mass is 272 g/mol. The molecule has 0 aliphatic carbocycles. The van der Waals surface area contributed by atoms with E-state index in [1.807, 2.05) is 0 Å². The molecule has 0 unspecified atom stereocenters. The van der Waals surface area contributed by atoms with E-state index < -0.39 is 5.97 Å². The number of hydrogen-bond donors (Lipinski definition) is 0. The van der Waals surface area contributed by atoms with Gasteiger partial charge in [0.15, 0.2) is 15.3 Å². The normalized spacial score (nSPS) is 10.4. The molecule has 0 atom stereocenters. The van der Waals surface area contributed by atoms with Crippen LogP contribution in [-0.4, -0.2) is 23.0 Å². The van der Waals surface area contributed by atoms with E-state index in [9.17, 15) is 4.79 Å². The average Bonchev–Trinajstić information content (AvgIpc) is 2.55. The van der Waals surface area contributed by atoms with Crippen molar-refractivity contribution in [3.8, 4) is 0 Å². The van der Waals surface area contributed by atoms with Crippen molar-refractivity contribution in [2.24, 2.45) is 0 Å². The number of carbonyl (C=O) groups is 1. The summed E-state index contributed by atoms with van der Waals surface area (Å²) in [6.07, 6.45) is 0. The summed E-state index contributed by atoms with van der Waals surface area (Å²) < 4.78 is 6.24. The van der Waals surface area contributed by atoms with Gasteiger partial charge in [-0.25, -0.2) is 14.8 Å². The molecule has 0 amide bonds. The summed E-state index contributed by atoms with van der Waals surface area (Å²) in [7, 11) is 1.32. The molecule has 72 valence electrons. The molecule has 2 rings (SSSR count). The molecule has 0 aliphatic rings. The van der Waals surface area contributed by atoms with Crippen LogP contribution in [0.4, 0.5) is 0 Å². The fourth-order valence-corrected chi connectivity index (χ4v) is 2.33. The first-order valence-electron chi connectivity index (χ1n) is 3.72. The van der Waals surface area contributed by atoms with Crippen molar-refractivity contribution >= 4 is 43.6 Å². The quantitative estimate of drug-likeness (QED) is 0.748. The van der Waals surface area contributed by atoms with Gasteiger partial charge in [0.05, 0.1) is 11.8 Å². The molecule has 0 fully saturated rings. The highest BCUT2D eigenvalue weighted by Gasteiger charge is 2.09. The molecule has 0 radical (unpaired) electrons. The van der Waals surface area contributed by atoms with Gasteiger partial charge >= 0.3 is 5.97 Å². The molecule has 2 aromatic rings. The second kappa shape index (κ2) is 3.62. The van der Waals surface area contributed by atoms with Gasteiger partial charge in [-0.2, -0.15) is 0 Å². The number of hydrogen-bond acceptors (Lipinski definition) is 5. The lowest BCUT2D eigenvalue weighted by Gasteiger charge is -1.96. The standard InChI is InChI=1S/C8H5BrN2O2S/c1-13-7(12)4-2-3-5-6(10-4)11-8(9)14-5/h2-3H,1H3. The highest BCUT2D eigenvalue weighted by molar-refractivity contribution is 9.11. The van der Waals surface area contributed by atoms with Crippen molar-refractivity contribution in [1.82, 2.24) is 9.97 Å². The Morgan fingerprint density at radius 3 is 3.00 bits per heavy atom. The number of nitrogens with zero attached hydrogens (tertiary/aromatic N) is 2. The van der Waals surface area contributed by atoms with Crippen molar-refractivity contribution < 1.29 is 9.53 Å². The number of halogens is 1. The zero-order valence-corrected chi connectivity index (χ0v) is 9.55. The highest BCUT2D eigenvalue weighted by atomic mass is 79.9. The molecule has 2 heterocycles. The van der Waals surface area contributed by atoms with Gasteiger partial charge < -0.3 is 4.74 Å². The number of thiazole rings is 1. The van der Waals surface area contributed by atoms with E-state index in [-0.39, 0.29) is 5.69 Å². The van der Waals surface area contributed by atoms with Crippen molar-refractivity contribution in [2.45, 2.75) is 0 Å². The Kier molecular flexibility index (Phi) is 2.47. The van der Waals surface area contributed by atoms with Gasteiger partial charge in [-0.3, -0.25) is 0 Å². The Bertz CT molecular complexity index is 497. The van der Waals surface area contributed by atoms with Crippen LogP contribution in [0.15, 0.2) is 16.0 Å². The van der Waals surface area contributed by atoms with E-state index in [4.69, 9.17) is 0 Å². The Balaban J connectivity index is 2.55. The summed E-state index contributed by atoms with van der Waals surface area (Å²) in [6.45, 7) is 0. The number of fused-ring (bicyclic) bond motifs is 1. The lowest BCUT2D eigenvalue weighted by atomic mass is 10.3. The van der Waals surface area contributed by atoms with Gasteiger partial charge in [-0.05, 0) is 28.1 Å². The Morgan fingerprint density at radius 1 is 1.50 bits per heavy atom. The maximum Gasteiger partial charge on any atom is 0.356 e. The molecule has 0 bridgehead atoms. The van der Waals surface area contributed by atoms with Crippen LogP contribution in [0.5, 0.6) is 0 Å². The predicted octanol–water partition coefficient (Wildman–Crippen LogP) is 2.24. The third kappa shape index (κ3) is 1.62. The lowest BCUT2D eigenvalue weighted by Crippen LogP contribution is -2.03. The van der Waals surface area contributed by atoms with Crippen molar-refractivity contribution in [1.29, 1.82) is 0 Å². The molecule has 0 aliphatic heterocycles. The summed E-state index contributed by atoms with van der Waals surface area (Å²) in [5.41, 5.74) is 0.836. The van der Waals surface area contributed by atoms with E-state index in [0.29, 0.717) is 5.65 Å². The van der Waals surface area contributed by atoms with Gasteiger partial charge in [0.25, 0.3) is 0 Å². The minimum absolute atomic E-state index is 0.276. The van der Waals surface area contributed by atoms with Crippen molar-refractivity contribution in [3.63, 3.8) is 0 Å². The molecular weight excluding hydrogens is 268 g/mol. The van der Waals surface area contributed by atoms with E-state index in [2.05, 4.69) is 30.6 Å². The van der Waals surface area contributed by atoms with Crippen LogP contribution in [0.25, 0.3) is 10.3 Å². The average molecular weight is 273 g/mol. The Morgan fingerprint density at radius 2 is 2.29 bits per heavy atom. The predicted molar refractivity (Wildman–Crippen MR) is 56.5 cm³/mol. The van der Waals surface area contributed by atoms with Gasteiger partial charge in [0, 0.05) is 0 Å². The maximum absolute atomic E-state index is 11.1. The second-order valence-electron chi connectivity index (χ2n) is 2.48. The minimum Gasteiger partial charge on any atom is -0.464 e. The van der Waals surface area contributed by atoms with Crippen molar-refractivity contribution in [3.05, 3.63) is 21.7 Å². The van der Waals surface area contributed by atoms with Crippen LogP contribution in [0.1, 0.15) is 10.5 Å². The molecule has 0 N–H and O–H groups in total. The number of carbonyl (C=O) groups excluding carboxylic acids is 1. The first-order valence-corrected chi connectivity index (χ1v) is 5.33. The van der Waals surface area contributed by atoms with Gasteiger partial charge in [0.1, 0.15) is 0 Å². The van der Waals surface area contributed by atoms with Gasteiger partial charge in [-0.15, -0.1) is 11.3 Å². The van der Waals surface area contributed by atoms with Gasteiger partial charge in [-0.1, -0.05) is 0 Å². The molecule has 0 saturated heterocycles. The zero-order chi connectivity index (χ0) is 10.1. The summed E-state index contributed by atoms with van der Waals surface area (Å²) >= 11 is 4.73. The number of aromatic nitrogens is 2. The number of ether oxygens (including phenoxy) is 1. The van der Waals surface area contributed by atoms with Crippen LogP contribution < -0.4 is 0 Å². The fraction of sp³-hybridized carbons (Fsp3) is 0.125. The Labute approximate surface area is 92.1 Å². The minimum atomic E-state index is -0.448. The summed E-state index contributed by atoms with van der Waals surface area (Å²) in [4.78, 5) is 19.3. The first-order chi connectivity index (χ1) is 6.70. The lowest BCUT2D eigenvalue weighted by molar-refractivity contribution is 0.0594. The van der Waals surface area contributed by atoms with E-state index in [1.54, 1.807) is 12.1 Å². The van der Waals surface area contributed by atoms with Crippen LogP contribution in [0.2, 0.25) is 0 Å². The molecule has 6 heteroatoms. The van der Waals surface area contributed by atoms with Crippen LogP contribution in [0.3, 0.4) is 0 Å². The smallest absolute Gasteiger partial charge is 0.356 e. The third-order valence-electron chi connectivity index (χ3n) is 1.62. The van der Waals surface area contributed by atoms with Gasteiger partial charge in [0.2, 0.25) is 0 Å². The number of rotatable bonds is 1. The van der Waals surface area contributed by atoms with E-state index >= 15 is 0 Å². The number of pyridine rings is 1. The fourth-order valence-electron chi connectivity index (χ4n) is 1.01. The van der Waals surface area contributed by atoms with Crippen LogP contribution >= 0.6 is 27.3 Å². The molecule has 14 heavy (non-hydrogen) atoms. The summed E-state index contributed by atoms with van der Waals surface area (Å²) in [5.74, 6) is -0.448. The molecule has 4 nitrogen and oxygen atoms in total. The first kappa shape index (κ1) is 9.54. The van der Waals surface area contributed by atoms with Crippen LogP contribution in [0, 0.1) is 0 Å². The topological polar surface area (TPSA) is 52.1 Å². The summed E-state index contributed by atoms with van der Waals surface area (Å²) in [6, 6.07) is 3.43. The van der Waals surface area contributed by atoms with Crippen molar-refractivity contribution in [2.75, 3.05) is 7.11 Å². The third-order valence-corrected chi connectivity index (χ3v) is 3.08. The maximum atomic E-state index is 11.1. The van der Waals surface area contributed by atoms with E-state index in [0.717, 1.165) is 8.62 Å². The number of esters is 1. The number of methoxy groups -OCH3 is 1. The molecular formula is C8H5BrN2O2S. The van der Waals surface area contributed by atoms with E-state index in [1.165, 1.54) is 18.4 Å². The summed E-state index contributed by atoms with van der Waals surface area (Å²) in [5, 5.41) is 0. The Hall–Kier alpha value is -1.01. The molecule has 0 aromatic carbocycles. The zero-order valence-electron chi connectivity index (χ0n) is 7.15. The highest BCUT2D eigenvalue weighted by Crippen LogP contribution is 2.24. The molecule has 2 aromatic heterocycles. The molecule has 0 spiro atoms. The second-order valence-corrected chi connectivity index (χ2v) is 4.78. The van der Waals surface area contributed by atoms with Crippen LogP contribution in [-0.2, 0) is 4.74 Å². The molecule has 0 saturated carbocycles. The SMILES string of the molecule is COC(=O)c1ccc2sc(Br)nc2n1. The largest absolute Gasteiger partial charge is 0.464 e.